The third kappa shape index (κ3) is 5.22. The molecule has 1 saturated heterocycles. The molecular weight excluding hydrogens is 216 g/mol. The number of piperidine rings is 1. The summed E-state index contributed by atoms with van der Waals surface area (Å²) in [6, 6.07) is 0.00491. The molecule has 0 saturated carbocycles. The van der Waals surface area contributed by atoms with E-state index in [0.717, 1.165) is 25.8 Å². The summed E-state index contributed by atoms with van der Waals surface area (Å²) in [6.45, 7) is 6.47. The monoisotopic (exact) mass is 240 g/mol. The van der Waals surface area contributed by atoms with E-state index in [1.165, 1.54) is 5.57 Å². The van der Waals surface area contributed by atoms with Gasteiger partial charge in [-0.25, -0.2) is 4.79 Å². The molecule has 0 aromatic carbocycles. The van der Waals surface area contributed by atoms with Crippen molar-refractivity contribution in [2.45, 2.75) is 33.1 Å². The molecule has 98 valence electrons. The number of nitrogens with zero attached hydrogens (tertiary/aromatic N) is 1. The molecule has 1 atom stereocenters. The molecule has 0 radical (unpaired) electrons. The van der Waals surface area contributed by atoms with E-state index in [4.69, 9.17) is 5.11 Å². The van der Waals surface area contributed by atoms with E-state index in [-0.39, 0.29) is 18.6 Å². The molecule has 4 heteroatoms. The fraction of sp³-hybridized carbons (Fsp3) is 0.769. The highest BCUT2D eigenvalue weighted by atomic mass is 16.3. The highest BCUT2D eigenvalue weighted by molar-refractivity contribution is 5.74. The largest absolute Gasteiger partial charge is 0.396 e. The molecule has 0 aromatic heterocycles. The van der Waals surface area contributed by atoms with Crippen molar-refractivity contribution in [3.63, 3.8) is 0 Å². The van der Waals surface area contributed by atoms with Gasteiger partial charge in [-0.05, 0) is 39.0 Å². The predicted molar refractivity (Wildman–Crippen MR) is 68.8 cm³/mol. The van der Waals surface area contributed by atoms with Gasteiger partial charge in [-0.15, -0.1) is 0 Å². The summed E-state index contributed by atoms with van der Waals surface area (Å²) in [7, 11) is 0. The van der Waals surface area contributed by atoms with Crippen LogP contribution in [-0.4, -0.2) is 42.3 Å². The van der Waals surface area contributed by atoms with Crippen LogP contribution in [0.15, 0.2) is 11.6 Å². The molecular formula is C13H24N2O2. The fourth-order valence-electron chi connectivity index (χ4n) is 2.05. The number of urea groups is 1. The minimum Gasteiger partial charge on any atom is -0.396 e. The van der Waals surface area contributed by atoms with Gasteiger partial charge in [0.15, 0.2) is 0 Å². The van der Waals surface area contributed by atoms with E-state index in [1.54, 1.807) is 0 Å². The molecule has 0 aliphatic carbocycles. The molecule has 4 nitrogen and oxygen atoms in total. The molecule has 0 bridgehead atoms. The lowest BCUT2D eigenvalue weighted by molar-refractivity contribution is 0.130. The Kier molecular flexibility index (Phi) is 6.05. The molecule has 0 spiro atoms. The van der Waals surface area contributed by atoms with Gasteiger partial charge in [0.2, 0.25) is 0 Å². The van der Waals surface area contributed by atoms with E-state index in [1.807, 2.05) is 4.90 Å². The van der Waals surface area contributed by atoms with Crippen molar-refractivity contribution in [2.75, 3.05) is 26.2 Å². The van der Waals surface area contributed by atoms with Crippen molar-refractivity contribution in [3.8, 4) is 0 Å². The van der Waals surface area contributed by atoms with Crippen LogP contribution in [0.4, 0.5) is 4.79 Å². The molecule has 2 amide bonds. The van der Waals surface area contributed by atoms with Crippen LogP contribution in [0, 0.1) is 5.92 Å². The topological polar surface area (TPSA) is 52.6 Å². The molecule has 0 unspecified atom stereocenters. The fourth-order valence-corrected chi connectivity index (χ4v) is 2.05. The first-order valence-electron chi connectivity index (χ1n) is 6.40. The van der Waals surface area contributed by atoms with Gasteiger partial charge < -0.3 is 15.3 Å². The summed E-state index contributed by atoms with van der Waals surface area (Å²) in [6.07, 6.45) is 5.02. The summed E-state index contributed by atoms with van der Waals surface area (Å²) in [5.74, 6) is 0.257. The van der Waals surface area contributed by atoms with E-state index < -0.39 is 0 Å². The number of allylic oxidation sites excluding steroid dienone is 1. The Morgan fingerprint density at radius 3 is 2.94 bits per heavy atom. The summed E-state index contributed by atoms with van der Waals surface area (Å²) in [5, 5.41) is 12.0. The van der Waals surface area contributed by atoms with Gasteiger partial charge in [-0.3, -0.25) is 0 Å². The smallest absolute Gasteiger partial charge is 0.317 e. The lowest BCUT2D eigenvalue weighted by atomic mass is 9.99. The van der Waals surface area contributed by atoms with Crippen molar-refractivity contribution >= 4 is 6.03 Å². The average molecular weight is 240 g/mol. The van der Waals surface area contributed by atoms with Crippen molar-refractivity contribution < 1.29 is 9.90 Å². The van der Waals surface area contributed by atoms with Crippen molar-refractivity contribution in [3.05, 3.63) is 11.6 Å². The first-order chi connectivity index (χ1) is 8.13. The van der Waals surface area contributed by atoms with Crippen LogP contribution in [-0.2, 0) is 0 Å². The van der Waals surface area contributed by atoms with Gasteiger partial charge >= 0.3 is 6.03 Å². The number of hydrogen-bond acceptors (Lipinski definition) is 2. The number of likely N-dealkylation sites (tertiary alicyclic amines) is 1. The van der Waals surface area contributed by atoms with Crippen LogP contribution >= 0.6 is 0 Å². The predicted octanol–water partition coefficient (Wildman–Crippen LogP) is 1.76. The zero-order valence-electron chi connectivity index (χ0n) is 10.9. The maximum atomic E-state index is 11.8. The van der Waals surface area contributed by atoms with E-state index in [0.29, 0.717) is 13.1 Å². The summed E-state index contributed by atoms with van der Waals surface area (Å²) in [5.41, 5.74) is 1.28. The SMILES string of the molecule is CC(C)=CCCNC(=O)N1CCC[C@@H](CO)C1. The first-order valence-corrected chi connectivity index (χ1v) is 6.40. The summed E-state index contributed by atoms with van der Waals surface area (Å²) >= 11 is 0. The van der Waals surface area contributed by atoms with Crippen LogP contribution in [0.25, 0.3) is 0 Å². The van der Waals surface area contributed by atoms with Gasteiger partial charge in [0.05, 0.1) is 0 Å². The van der Waals surface area contributed by atoms with Crippen molar-refractivity contribution in [2.24, 2.45) is 5.92 Å². The van der Waals surface area contributed by atoms with Gasteiger partial charge in [0.1, 0.15) is 0 Å². The Balaban J connectivity index is 2.25. The second-order valence-electron chi connectivity index (χ2n) is 4.94. The third-order valence-corrected chi connectivity index (χ3v) is 3.04. The minimum absolute atomic E-state index is 0.00491. The number of aliphatic hydroxyl groups excluding tert-OH is 1. The third-order valence-electron chi connectivity index (χ3n) is 3.04. The van der Waals surface area contributed by atoms with Crippen LogP contribution < -0.4 is 5.32 Å². The average Bonchev–Trinajstić information content (AvgIpc) is 2.34. The summed E-state index contributed by atoms with van der Waals surface area (Å²) < 4.78 is 0. The van der Waals surface area contributed by atoms with Gasteiger partial charge in [-0.1, -0.05) is 11.6 Å². The van der Waals surface area contributed by atoms with Gasteiger partial charge in [0.25, 0.3) is 0 Å². The van der Waals surface area contributed by atoms with Gasteiger partial charge in [0, 0.05) is 26.2 Å². The van der Waals surface area contributed by atoms with E-state index in [2.05, 4.69) is 25.2 Å². The quantitative estimate of drug-likeness (QED) is 0.581. The molecule has 1 heterocycles. The molecule has 0 aromatic rings. The van der Waals surface area contributed by atoms with Crippen LogP contribution in [0.3, 0.4) is 0 Å². The highest BCUT2D eigenvalue weighted by Crippen LogP contribution is 2.15. The lowest BCUT2D eigenvalue weighted by Crippen LogP contribution is -2.46. The Labute approximate surface area is 104 Å². The number of amides is 2. The zero-order valence-corrected chi connectivity index (χ0v) is 10.9. The number of hydrogen-bond donors (Lipinski definition) is 2. The van der Waals surface area contributed by atoms with Crippen molar-refractivity contribution in [1.82, 2.24) is 10.2 Å². The highest BCUT2D eigenvalue weighted by Gasteiger charge is 2.22. The van der Waals surface area contributed by atoms with Gasteiger partial charge in [-0.2, -0.15) is 0 Å². The number of nitrogens with one attached hydrogen (secondary N) is 1. The Morgan fingerprint density at radius 1 is 1.53 bits per heavy atom. The zero-order chi connectivity index (χ0) is 12.7. The van der Waals surface area contributed by atoms with Crippen molar-refractivity contribution in [1.29, 1.82) is 0 Å². The molecule has 1 fully saturated rings. The molecule has 1 aliphatic rings. The first kappa shape index (κ1) is 14.0. The molecule has 2 N–H and O–H groups in total. The van der Waals surface area contributed by atoms with Crippen LogP contribution in [0.5, 0.6) is 0 Å². The normalized spacial score (nSPS) is 19.9. The number of aliphatic hydroxyl groups is 1. The van der Waals surface area contributed by atoms with Crippen LogP contribution in [0.1, 0.15) is 33.1 Å². The number of carbonyl (C=O) groups is 1. The second-order valence-corrected chi connectivity index (χ2v) is 4.94. The molecule has 17 heavy (non-hydrogen) atoms. The second kappa shape index (κ2) is 7.33. The Morgan fingerprint density at radius 2 is 2.29 bits per heavy atom. The molecule has 1 rings (SSSR count). The van der Waals surface area contributed by atoms with E-state index >= 15 is 0 Å². The van der Waals surface area contributed by atoms with Crippen LogP contribution in [0.2, 0.25) is 0 Å². The molecule has 1 aliphatic heterocycles. The Bertz CT molecular complexity index is 273. The number of carbonyl (C=O) groups excluding carboxylic acids is 1. The standard InChI is InChI=1S/C13H24N2O2/c1-11(2)5-3-7-14-13(17)15-8-4-6-12(9-15)10-16/h5,12,16H,3-4,6-10H2,1-2H3,(H,14,17)/t12-/m1/s1. The maximum absolute atomic E-state index is 11.8. The lowest BCUT2D eigenvalue weighted by Gasteiger charge is -2.31. The number of rotatable bonds is 4. The summed E-state index contributed by atoms with van der Waals surface area (Å²) in [4.78, 5) is 13.6. The van der Waals surface area contributed by atoms with E-state index in [9.17, 15) is 4.79 Å². The minimum atomic E-state index is 0.00491. The maximum Gasteiger partial charge on any atom is 0.317 e. The Hall–Kier alpha value is -1.03.